The molecule has 1 aliphatic heterocycles. The molecule has 9 heteroatoms. The maximum atomic E-state index is 12.8. The molecule has 3 rings (SSSR count). The van der Waals surface area contributed by atoms with Crippen LogP contribution in [0.3, 0.4) is 0 Å². The molecule has 1 spiro atoms. The van der Waals surface area contributed by atoms with Crippen LogP contribution in [0.15, 0.2) is 24.3 Å². The number of hydrogen-bond donors (Lipinski definition) is 2. The van der Waals surface area contributed by atoms with Crippen LogP contribution in [0.5, 0.6) is 0 Å². The Labute approximate surface area is 168 Å². The van der Waals surface area contributed by atoms with Crippen molar-refractivity contribution in [3.8, 4) is 6.07 Å². The van der Waals surface area contributed by atoms with Gasteiger partial charge in [-0.25, -0.2) is 4.79 Å². The van der Waals surface area contributed by atoms with E-state index >= 15 is 0 Å². The fraction of sp³-hybridized carbons (Fsp3) is 0.450. The number of urea groups is 1. The van der Waals surface area contributed by atoms with Crippen molar-refractivity contribution in [1.29, 1.82) is 5.26 Å². The molecule has 29 heavy (non-hydrogen) atoms. The molecule has 1 saturated carbocycles. The van der Waals surface area contributed by atoms with E-state index in [4.69, 9.17) is 10.00 Å². The zero-order valence-corrected chi connectivity index (χ0v) is 16.1. The van der Waals surface area contributed by atoms with Crippen molar-refractivity contribution >= 4 is 29.5 Å². The van der Waals surface area contributed by atoms with E-state index in [0.29, 0.717) is 12.1 Å². The lowest BCUT2D eigenvalue weighted by molar-refractivity contribution is -0.150. The smallest absolute Gasteiger partial charge is 0.326 e. The molecule has 9 nitrogen and oxygen atoms in total. The first kappa shape index (κ1) is 20.3. The van der Waals surface area contributed by atoms with Crippen LogP contribution in [-0.4, -0.2) is 47.4 Å². The van der Waals surface area contributed by atoms with Gasteiger partial charge in [-0.15, -0.1) is 0 Å². The van der Waals surface area contributed by atoms with Gasteiger partial charge in [0.2, 0.25) is 0 Å². The molecule has 4 amide bonds. The number of nitrogens with zero attached hydrogens (tertiary/aromatic N) is 2. The molecule has 0 unspecified atom stereocenters. The fourth-order valence-corrected chi connectivity index (χ4v) is 3.84. The third-order valence-electron chi connectivity index (χ3n) is 5.47. The summed E-state index contributed by atoms with van der Waals surface area (Å²) in [6.07, 6.45) is 3.21. The van der Waals surface area contributed by atoms with Gasteiger partial charge in [0.1, 0.15) is 18.2 Å². The van der Waals surface area contributed by atoms with Gasteiger partial charge in [0.25, 0.3) is 11.8 Å². The molecule has 2 fully saturated rings. The van der Waals surface area contributed by atoms with E-state index in [9.17, 15) is 19.2 Å². The molecular weight excluding hydrogens is 376 g/mol. The number of carbonyl (C=O) groups is 4. The van der Waals surface area contributed by atoms with Crippen molar-refractivity contribution in [1.82, 2.24) is 10.2 Å². The van der Waals surface area contributed by atoms with Crippen LogP contribution < -0.4 is 10.6 Å². The maximum absolute atomic E-state index is 12.8. The summed E-state index contributed by atoms with van der Waals surface area (Å²) in [6.45, 7) is 0.771. The summed E-state index contributed by atoms with van der Waals surface area (Å²) < 4.78 is 4.90. The topological polar surface area (TPSA) is 129 Å². The monoisotopic (exact) mass is 398 g/mol. The van der Waals surface area contributed by atoms with E-state index in [1.807, 2.05) is 13.0 Å². The van der Waals surface area contributed by atoms with E-state index in [2.05, 4.69) is 10.6 Å². The number of amides is 4. The lowest BCUT2D eigenvalue weighted by atomic mass is 9.73. The molecule has 1 aromatic carbocycles. The van der Waals surface area contributed by atoms with Crippen molar-refractivity contribution in [3.63, 3.8) is 0 Å². The van der Waals surface area contributed by atoms with Gasteiger partial charge < -0.3 is 15.4 Å². The number of nitriles is 1. The van der Waals surface area contributed by atoms with E-state index in [1.54, 1.807) is 24.3 Å². The van der Waals surface area contributed by atoms with E-state index < -0.39 is 42.5 Å². The van der Waals surface area contributed by atoms with Crippen LogP contribution in [0.4, 0.5) is 10.5 Å². The number of esters is 1. The number of anilines is 1. The molecule has 2 N–H and O–H groups in total. The Morgan fingerprint density at radius 1 is 1.34 bits per heavy atom. The molecule has 1 heterocycles. The minimum absolute atomic E-state index is 0.0142. The molecule has 0 radical (unpaired) electrons. The second-order valence-electron chi connectivity index (χ2n) is 7.31. The standard InChI is InChI=1S/C20H22N4O5/c1-13-6-4-5-9-20(13)18(27)24(19(28)23-20)11-17(26)29-12-16(25)22-15-8-3-2-7-14(15)10-21/h2-3,7-8,13H,4-6,9,11-12H2,1H3,(H,22,25)(H,23,28)/t13-,20+/m1/s1. The summed E-state index contributed by atoms with van der Waals surface area (Å²) in [4.78, 5) is 50.0. The summed E-state index contributed by atoms with van der Waals surface area (Å²) in [7, 11) is 0. The van der Waals surface area contributed by atoms with Gasteiger partial charge in [-0.1, -0.05) is 31.9 Å². The Morgan fingerprint density at radius 3 is 2.83 bits per heavy atom. The molecule has 1 aliphatic carbocycles. The van der Waals surface area contributed by atoms with E-state index in [-0.39, 0.29) is 11.5 Å². The predicted molar refractivity (Wildman–Crippen MR) is 101 cm³/mol. The average molecular weight is 398 g/mol. The molecule has 2 atom stereocenters. The summed E-state index contributed by atoms with van der Waals surface area (Å²) in [6, 6.07) is 7.74. The van der Waals surface area contributed by atoms with Gasteiger partial charge in [0.05, 0.1) is 11.3 Å². The van der Waals surface area contributed by atoms with Gasteiger partial charge in [-0.3, -0.25) is 19.3 Å². The van der Waals surface area contributed by atoms with Gasteiger partial charge >= 0.3 is 12.0 Å². The highest BCUT2D eigenvalue weighted by molar-refractivity contribution is 6.09. The molecule has 0 aromatic heterocycles. The third-order valence-corrected chi connectivity index (χ3v) is 5.47. The average Bonchev–Trinajstić information content (AvgIpc) is 2.94. The fourth-order valence-electron chi connectivity index (χ4n) is 3.84. The number of benzene rings is 1. The van der Waals surface area contributed by atoms with Crippen LogP contribution in [0.1, 0.15) is 38.2 Å². The summed E-state index contributed by atoms with van der Waals surface area (Å²) >= 11 is 0. The SMILES string of the molecule is C[C@@H]1CCCC[C@]12NC(=O)N(CC(=O)OCC(=O)Nc1ccccc1C#N)C2=O. The first-order chi connectivity index (χ1) is 13.9. The Hall–Kier alpha value is -3.41. The predicted octanol–water partition coefficient (Wildman–Crippen LogP) is 1.54. The highest BCUT2D eigenvalue weighted by Crippen LogP contribution is 2.38. The van der Waals surface area contributed by atoms with Crippen molar-refractivity contribution in [2.45, 2.75) is 38.1 Å². The first-order valence-electron chi connectivity index (χ1n) is 9.46. The van der Waals surface area contributed by atoms with Gasteiger partial charge in [-0.2, -0.15) is 5.26 Å². The molecular formula is C20H22N4O5. The highest BCUT2D eigenvalue weighted by Gasteiger charge is 2.55. The second kappa shape index (κ2) is 8.31. The quantitative estimate of drug-likeness (QED) is 0.572. The van der Waals surface area contributed by atoms with Crippen LogP contribution in [0.2, 0.25) is 0 Å². The molecule has 1 saturated heterocycles. The van der Waals surface area contributed by atoms with E-state index in [0.717, 1.165) is 24.2 Å². The second-order valence-corrected chi connectivity index (χ2v) is 7.31. The number of rotatable bonds is 5. The van der Waals surface area contributed by atoms with Crippen LogP contribution in [0, 0.1) is 17.2 Å². The number of carbonyl (C=O) groups excluding carboxylic acids is 4. The minimum atomic E-state index is -0.950. The molecule has 0 bridgehead atoms. The van der Waals surface area contributed by atoms with Crippen molar-refractivity contribution in [2.75, 3.05) is 18.5 Å². The van der Waals surface area contributed by atoms with E-state index in [1.165, 1.54) is 0 Å². The Bertz CT molecular complexity index is 893. The maximum Gasteiger partial charge on any atom is 0.326 e. The molecule has 2 aliphatic rings. The van der Waals surface area contributed by atoms with Crippen molar-refractivity contribution < 1.29 is 23.9 Å². The first-order valence-corrected chi connectivity index (χ1v) is 9.46. The van der Waals surface area contributed by atoms with Crippen molar-refractivity contribution in [2.24, 2.45) is 5.92 Å². The Balaban J connectivity index is 1.54. The lowest BCUT2D eigenvalue weighted by Crippen LogP contribution is -2.54. The summed E-state index contributed by atoms with van der Waals surface area (Å²) in [5.74, 6) is -1.92. The van der Waals surface area contributed by atoms with Crippen LogP contribution in [-0.2, 0) is 19.1 Å². The van der Waals surface area contributed by atoms with Crippen LogP contribution in [0.25, 0.3) is 0 Å². The van der Waals surface area contributed by atoms with Gasteiger partial charge in [0, 0.05) is 0 Å². The number of imide groups is 1. The summed E-state index contributed by atoms with van der Waals surface area (Å²) in [5.41, 5.74) is -0.370. The third kappa shape index (κ3) is 4.06. The van der Waals surface area contributed by atoms with Crippen LogP contribution >= 0.6 is 0 Å². The minimum Gasteiger partial charge on any atom is -0.454 e. The van der Waals surface area contributed by atoms with Gasteiger partial charge in [0.15, 0.2) is 6.61 Å². The number of hydrogen-bond acceptors (Lipinski definition) is 6. The molecule has 152 valence electrons. The largest absolute Gasteiger partial charge is 0.454 e. The number of para-hydroxylation sites is 1. The summed E-state index contributed by atoms with van der Waals surface area (Å²) in [5, 5.41) is 14.3. The highest BCUT2D eigenvalue weighted by atomic mass is 16.5. The number of nitrogens with one attached hydrogen (secondary N) is 2. The normalized spacial score (nSPS) is 23.4. The Morgan fingerprint density at radius 2 is 2.10 bits per heavy atom. The zero-order chi connectivity index (χ0) is 21.0. The molecule has 1 aromatic rings. The lowest BCUT2D eigenvalue weighted by Gasteiger charge is -2.36. The van der Waals surface area contributed by atoms with Gasteiger partial charge in [-0.05, 0) is 30.9 Å². The number of ether oxygens (including phenoxy) is 1. The zero-order valence-electron chi connectivity index (χ0n) is 16.1. The van der Waals surface area contributed by atoms with Crippen molar-refractivity contribution in [3.05, 3.63) is 29.8 Å². The Kier molecular flexibility index (Phi) is 5.82.